The first kappa shape index (κ1) is 20.6. The van der Waals surface area contributed by atoms with Gasteiger partial charge in [-0.05, 0) is 43.4 Å². The topological polar surface area (TPSA) is 67.7 Å². The summed E-state index contributed by atoms with van der Waals surface area (Å²) in [6.07, 6.45) is 0.712. The van der Waals surface area contributed by atoms with Gasteiger partial charge in [-0.15, -0.1) is 0 Å². The maximum absolute atomic E-state index is 14.0. The number of nitrogens with zero attached hydrogens (tertiary/aromatic N) is 3. The fourth-order valence-corrected chi connectivity index (χ4v) is 3.30. The Hall–Kier alpha value is -3.15. The number of benzene rings is 2. The Morgan fingerprint density at radius 3 is 2.48 bits per heavy atom. The Labute approximate surface area is 171 Å². The predicted molar refractivity (Wildman–Crippen MR) is 115 cm³/mol. The van der Waals surface area contributed by atoms with Gasteiger partial charge in [0, 0.05) is 24.7 Å². The van der Waals surface area contributed by atoms with E-state index >= 15 is 0 Å². The lowest BCUT2D eigenvalue weighted by atomic mass is 9.94. The molecule has 3 aromatic rings. The molecule has 3 rings (SSSR count). The molecule has 2 aromatic carbocycles. The molecule has 0 radical (unpaired) electrons. The van der Waals surface area contributed by atoms with Gasteiger partial charge < -0.3 is 15.2 Å². The Bertz CT molecular complexity index is 961. The van der Waals surface area contributed by atoms with Crippen LogP contribution in [0.25, 0.3) is 11.1 Å². The molecule has 0 spiro atoms. The molecule has 0 bridgehead atoms. The van der Waals surface area contributed by atoms with Crippen LogP contribution in [0.1, 0.15) is 37.9 Å². The summed E-state index contributed by atoms with van der Waals surface area (Å²) in [5, 5.41) is 4.12. The number of rotatable bonds is 7. The second kappa shape index (κ2) is 9.37. The number of aromatic nitrogens is 1. The second-order valence-electron chi connectivity index (χ2n) is 7.01. The molecule has 29 heavy (non-hydrogen) atoms. The van der Waals surface area contributed by atoms with E-state index in [-0.39, 0.29) is 11.7 Å². The van der Waals surface area contributed by atoms with E-state index in [1.165, 1.54) is 6.07 Å². The van der Waals surface area contributed by atoms with Crippen molar-refractivity contribution >= 4 is 11.8 Å². The lowest BCUT2D eigenvalue weighted by molar-refractivity contribution is 0.415. The zero-order valence-electron chi connectivity index (χ0n) is 17.1. The molecule has 0 saturated carbocycles. The van der Waals surface area contributed by atoms with Crippen LogP contribution in [0.2, 0.25) is 0 Å². The molecule has 0 aliphatic heterocycles. The van der Waals surface area contributed by atoms with Crippen molar-refractivity contribution in [3.8, 4) is 11.1 Å². The maximum atomic E-state index is 14.0. The molecule has 5 nitrogen and oxygen atoms in total. The molecule has 1 aromatic heterocycles. The van der Waals surface area contributed by atoms with Crippen molar-refractivity contribution in [2.24, 2.45) is 10.7 Å². The van der Waals surface area contributed by atoms with Gasteiger partial charge in [0.25, 0.3) is 5.88 Å². The molecular weight excluding hydrogens is 367 g/mol. The molecular formula is C23H27FN4O. The number of guanidine groups is 1. The van der Waals surface area contributed by atoms with E-state index in [0.29, 0.717) is 23.8 Å². The van der Waals surface area contributed by atoms with E-state index in [1.807, 2.05) is 55.1 Å². The average Bonchev–Trinajstić information content (AvgIpc) is 3.16. The summed E-state index contributed by atoms with van der Waals surface area (Å²) < 4.78 is 19.3. The highest BCUT2D eigenvalue weighted by Crippen LogP contribution is 2.27. The largest absolute Gasteiger partial charge is 0.369 e. The van der Waals surface area contributed by atoms with Crippen molar-refractivity contribution in [2.45, 2.75) is 33.1 Å². The quantitative estimate of drug-likeness (QED) is 0.446. The first-order chi connectivity index (χ1) is 14.0. The summed E-state index contributed by atoms with van der Waals surface area (Å²) in [5.41, 5.74) is 9.45. The highest BCUT2D eigenvalue weighted by atomic mass is 19.1. The molecule has 1 atom stereocenters. The van der Waals surface area contributed by atoms with Crippen molar-refractivity contribution < 1.29 is 8.91 Å². The lowest BCUT2D eigenvalue weighted by Gasteiger charge is -2.18. The fraction of sp³-hybridized carbons (Fsp3) is 0.304. The van der Waals surface area contributed by atoms with Gasteiger partial charge in [0.2, 0.25) is 0 Å². The van der Waals surface area contributed by atoms with Crippen LogP contribution in [0.4, 0.5) is 10.3 Å². The van der Waals surface area contributed by atoms with Crippen LogP contribution in [0.3, 0.4) is 0 Å². The van der Waals surface area contributed by atoms with Gasteiger partial charge in [0.1, 0.15) is 5.82 Å². The number of aliphatic imine (C=N–C) groups is 1. The van der Waals surface area contributed by atoms with Crippen LogP contribution in [-0.4, -0.2) is 29.1 Å². The second-order valence-corrected chi connectivity index (χ2v) is 7.01. The molecule has 0 amide bonds. The summed E-state index contributed by atoms with van der Waals surface area (Å²) in [6, 6.07) is 16.6. The monoisotopic (exact) mass is 394 g/mol. The molecule has 0 fully saturated rings. The van der Waals surface area contributed by atoms with E-state index in [4.69, 9.17) is 10.3 Å². The first-order valence-electron chi connectivity index (χ1n) is 9.91. The minimum Gasteiger partial charge on any atom is -0.369 e. The van der Waals surface area contributed by atoms with E-state index in [1.54, 1.807) is 12.1 Å². The third kappa shape index (κ3) is 5.02. The number of halogens is 1. The van der Waals surface area contributed by atoms with Crippen LogP contribution < -0.4 is 5.73 Å². The molecule has 152 valence electrons. The smallest absolute Gasteiger partial charge is 0.253 e. The molecule has 0 aliphatic carbocycles. The van der Waals surface area contributed by atoms with Crippen LogP contribution >= 0.6 is 0 Å². The summed E-state index contributed by atoms with van der Waals surface area (Å²) >= 11 is 0. The Balaban J connectivity index is 1.68. The summed E-state index contributed by atoms with van der Waals surface area (Å²) in [6.45, 7) is 7.74. The standard InChI is InChI=1S/C23H27FN4O/c1-4-28(5-2)23(25)26-22-15-19(27-29-22)14-16(3)17-10-12-18(13-11-17)20-8-6-7-9-21(20)24/h6-13,15-16H,4-5,14H2,1-3H3,(H2,25,26). The zero-order valence-corrected chi connectivity index (χ0v) is 17.1. The summed E-state index contributed by atoms with van der Waals surface area (Å²) in [7, 11) is 0. The minimum absolute atomic E-state index is 0.215. The average molecular weight is 394 g/mol. The molecule has 0 aliphatic rings. The van der Waals surface area contributed by atoms with Crippen molar-refractivity contribution in [2.75, 3.05) is 13.1 Å². The highest BCUT2D eigenvalue weighted by molar-refractivity contribution is 5.80. The van der Waals surface area contributed by atoms with Crippen LogP contribution in [0, 0.1) is 5.82 Å². The van der Waals surface area contributed by atoms with Crippen molar-refractivity contribution in [1.29, 1.82) is 0 Å². The van der Waals surface area contributed by atoms with Gasteiger partial charge in [0.05, 0.1) is 5.69 Å². The van der Waals surface area contributed by atoms with E-state index in [0.717, 1.165) is 29.9 Å². The molecule has 0 saturated heterocycles. The van der Waals surface area contributed by atoms with Gasteiger partial charge >= 0.3 is 0 Å². The van der Waals surface area contributed by atoms with Crippen LogP contribution in [-0.2, 0) is 6.42 Å². The van der Waals surface area contributed by atoms with Crippen LogP contribution in [0.15, 0.2) is 64.1 Å². The number of hydrogen-bond acceptors (Lipinski definition) is 3. The van der Waals surface area contributed by atoms with Gasteiger partial charge in [0.15, 0.2) is 5.96 Å². The Morgan fingerprint density at radius 1 is 1.14 bits per heavy atom. The summed E-state index contributed by atoms with van der Waals surface area (Å²) in [4.78, 5) is 6.26. The maximum Gasteiger partial charge on any atom is 0.253 e. The lowest BCUT2D eigenvalue weighted by Crippen LogP contribution is -2.36. The van der Waals surface area contributed by atoms with E-state index < -0.39 is 0 Å². The predicted octanol–water partition coefficient (Wildman–Crippen LogP) is 5.11. The Morgan fingerprint density at radius 2 is 1.83 bits per heavy atom. The molecule has 1 unspecified atom stereocenters. The normalized spacial score (nSPS) is 12.8. The SMILES string of the molecule is CCN(CC)C(N)=Nc1cc(CC(C)c2ccc(-c3ccccc3F)cc2)no1. The third-order valence-corrected chi connectivity index (χ3v) is 5.04. The van der Waals surface area contributed by atoms with Crippen LogP contribution in [0.5, 0.6) is 0 Å². The number of hydrogen-bond donors (Lipinski definition) is 1. The highest BCUT2D eigenvalue weighted by Gasteiger charge is 2.13. The van der Waals surface area contributed by atoms with Gasteiger partial charge in [-0.3, -0.25) is 0 Å². The first-order valence-corrected chi connectivity index (χ1v) is 9.91. The minimum atomic E-state index is -0.215. The third-order valence-electron chi connectivity index (χ3n) is 5.04. The van der Waals surface area contributed by atoms with E-state index in [2.05, 4.69) is 17.1 Å². The van der Waals surface area contributed by atoms with Crippen molar-refractivity contribution in [3.63, 3.8) is 0 Å². The van der Waals surface area contributed by atoms with Crippen molar-refractivity contribution in [3.05, 3.63) is 71.7 Å². The van der Waals surface area contributed by atoms with Crippen molar-refractivity contribution in [1.82, 2.24) is 10.1 Å². The molecule has 6 heteroatoms. The van der Waals surface area contributed by atoms with Gasteiger partial charge in [-0.25, -0.2) is 4.39 Å². The molecule has 1 heterocycles. The van der Waals surface area contributed by atoms with Gasteiger partial charge in [-0.2, -0.15) is 4.99 Å². The Kier molecular flexibility index (Phi) is 6.65. The summed E-state index contributed by atoms with van der Waals surface area (Å²) in [5.74, 6) is 0.848. The van der Waals surface area contributed by atoms with Gasteiger partial charge in [-0.1, -0.05) is 54.5 Å². The number of nitrogens with two attached hydrogens (primary N) is 1. The fourth-order valence-electron chi connectivity index (χ4n) is 3.30. The zero-order chi connectivity index (χ0) is 20.8. The van der Waals surface area contributed by atoms with E-state index in [9.17, 15) is 4.39 Å². The molecule has 2 N–H and O–H groups in total.